The summed E-state index contributed by atoms with van der Waals surface area (Å²) >= 11 is 0. The Hall–Kier alpha value is -2.58. The smallest absolute Gasteiger partial charge is 0.267 e. The van der Waals surface area contributed by atoms with Gasteiger partial charge in [-0.15, -0.1) is 0 Å². The van der Waals surface area contributed by atoms with Gasteiger partial charge in [0.1, 0.15) is 5.82 Å². The third-order valence-corrected chi connectivity index (χ3v) is 4.30. The van der Waals surface area contributed by atoms with Crippen molar-refractivity contribution in [3.63, 3.8) is 0 Å². The number of nitrogen functional groups attached to an aromatic ring is 1. The minimum absolute atomic E-state index is 0.0348. The highest BCUT2D eigenvalue weighted by molar-refractivity contribution is 5.93. The first kappa shape index (κ1) is 16.3. The number of nitrogens with zero attached hydrogens (tertiary/aromatic N) is 4. The number of nitrogens with one attached hydrogen (secondary N) is 1. The van der Waals surface area contributed by atoms with Gasteiger partial charge < -0.3 is 20.4 Å². The molecule has 0 bridgehead atoms. The van der Waals surface area contributed by atoms with Crippen molar-refractivity contribution in [2.75, 3.05) is 36.8 Å². The van der Waals surface area contributed by atoms with Gasteiger partial charge in [0, 0.05) is 38.7 Å². The van der Waals surface area contributed by atoms with Gasteiger partial charge in [-0.1, -0.05) is 19.0 Å². The molecule has 1 aromatic heterocycles. The second kappa shape index (κ2) is 6.50. The Bertz CT molecular complexity index is 705. The average Bonchev–Trinajstić information content (AvgIpc) is 3.03. The first-order valence-electron chi connectivity index (χ1n) is 8.07. The van der Waals surface area contributed by atoms with Gasteiger partial charge in [0.15, 0.2) is 0 Å². The molecule has 0 aliphatic carbocycles. The maximum absolute atomic E-state index is 12.5. The molecule has 3 N–H and O–H groups in total. The fourth-order valence-electron chi connectivity index (χ4n) is 2.85. The molecule has 0 aromatic carbocycles. The van der Waals surface area contributed by atoms with Crippen LogP contribution >= 0.6 is 0 Å². The third-order valence-electron chi connectivity index (χ3n) is 4.30. The van der Waals surface area contributed by atoms with Crippen LogP contribution in [-0.4, -0.2) is 58.8 Å². The average molecular weight is 334 g/mol. The van der Waals surface area contributed by atoms with Crippen molar-refractivity contribution < 1.29 is 9.63 Å². The number of amides is 1. The number of oxime groups is 1. The van der Waals surface area contributed by atoms with Gasteiger partial charge in [-0.05, 0) is 5.92 Å². The van der Waals surface area contributed by atoms with Crippen LogP contribution in [0, 0.1) is 5.92 Å². The Labute approximate surface area is 139 Å². The predicted octanol–water partition coefficient (Wildman–Crippen LogP) is -0.198. The van der Waals surface area contributed by atoms with Gasteiger partial charge in [0.2, 0.25) is 12.1 Å². The zero-order valence-corrected chi connectivity index (χ0v) is 13.9. The van der Waals surface area contributed by atoms with Crippen LogP contribution in [0.15, 0.2) is 16.0 Å². The number of nitrogens with two attached hydrogens (primary N) is 1. The molecule has 0 spiro atoms. The summed E-state index contributed by atoms with van der Waals surface area (Å²) in [6, 6.07) is 1.41. The SMILES string of the molecule is CC(C)C1=NO[C@H](C(=O)N2CCN(c3cc(=O)[nH]c(N)n3)CC2)C1. The highest BCUT2D eigenvalue weighted by Gasteiger charge is 2.34. The van der Waals surface area contributed by atoms with Gasteiger partial charge in [-0.25, -0.2) is 0 Å². The molecule has 1 fully saturated rings. The molecular formula is C15H22N6O3. The molecule has 3 heterocycles. The Morgan fingerprint density at radius 3 is 2.67 bits per heavy atom. The quantitative estimate of drug-likeness (QED) is 0.791. The Morgan fingerprint density at radius 1 is 1.38 bits per heavy atom. The molecule has 1 amide bonds. The Balaban J connectivity index is 1.57. The van der Waals surface area contributed by atoms with E-state index in [1.54, 1.807) is 4.90 Å². The summed E-state index contributed by atoms with van der Waals surface area (Å²) < 4.78 is 0. The molecule has 130 valence electrons. The molecule has 0 saturated carbocycles. The molecule has 1 atom stereocenters. The molecule has 0 radical (unpaired) electrons. The summed E-state index contributed by atoms with van der Waals surface area (Å²) in [6.07, 6.45) is 0.0466. The Kier molecular flexibility index (Phi) is 4.41. The molecule has 1 saturated heterocycles. The van der Waals surface area contributed by atoms with Crippen molar-refractivity contribution >= 4 is 23.4 Å². The summed E-state index contributed by atoms with van der Waals surface area (Å²) in [4.78, 5) is 39.6. The van der Waals surface area contributed by atoms with Crippen LogP contribution < -0.4 is 16.2 Å². The molecule has 0 unspecified atom stereocenters. The van der Waals surface area contributed by atoms with Crippen LogP contribution in [-0.2, 0) is 9.63 Å². The van der Waals surface area contributed by atoms with Gasteiger partial charge in [-0.3, -0.25) is 14.6 Å². The zero-order chi connectivity index (χ0) is 17.3. The fourth-order valence-corrected chi connectivity index (χ4v) is 2.85. The topological polar surface area (TPSA) is 117 Å². The highest BCUT2D eigenvalue weighted by atomic mass is 16.6. The van der Waals surface area contributed by atoms with Crippen molar-refractivity contribution in [3.8, 4) is 0 Å². The largest absolute Gasteiger partial charge is 0.382 e. The molecule has 2 aliphatic heterocycles. The second-order valence-corrected chi connectivity index (χ2v) is 6.34. The first-order valence-corrected chi connectivity index (χ1v) is 8.07. The highest BCUT2D eigenvalue weighted by Crippen LogP contribution is 2.19. The number of H-pyrrole nitrogens is 1. The van der Waals surface area contributed by atoms with E-state index in [9.17, 15) is 9.59 Å². The normalized spacial score (nSPS) is 21.0. The number of carbonyl (C=O) groups excluding carboxylic acids is 1. The van der Waals surface area contributed by atoms with E-state index in [0.29, 0.717) is 38.4 Å². The van der Waals surface area contributed by atoms with Gasteiger partial charge in [-0.2, -0.15) is 4.98 Å². The number of anilines is 2. The number of piperazine rings is 1. The van der Waals surface area contributed by atoms with Crippen LogP contribution in [0.25, 0.3) is 0 Å². The van der Waals surface area contributed by atoms with E-state index in [1.807, 2.05) is 18.7 Å². The monoisotopic (exact) mass is 334 g/mol. The minimum Gasteiger partial charge on any atom is -0.382 e. The van der Waals surface area contributed by atoms with E-state index in [0.717, 1.165) is 5.71 Å². The summed E-state index contributed by atoms with van der Waals surface area (Å²) in [7, 11) is 0. The van der Waals surface area contributed by atoms with E-state index in [2.05, 4.69) is 15.1 Å². The van der Waals surface area contributed by atoms with Crippen LogP contribution in [0.2, 0.25) is 0 Å². The van der Waals surface area contributed by atoms with E-state index in [-0.39, 0.29) is 23.3 Å². The molecule has 1 aromatic rings. The van der Waals surface area contributed by atoms with Crippen molar-refractivity contribution in [1.29, 1.82) is 0 Å². The summed E-state index contributed by atoms with van der Waals surface area (Å²) in [5.41, 5.74) is 6.22. The van der Waals surface area contributed by atoms with Gasteiger partial charge >= 0.3 is 0 Å². The molecule has 3 rings (SSSR count). The molecule has 2 aliphatic rings. The van der Waals surface area contributed by atoms with E-state index in [1.165, 1.54) is 6.07 Å². The summed E-state index contributed by atoms with van der Waals surface area (Å²) in [5, 5.41) is 4.01. The van der Waals surface area contributed by atoms with E-state index < -0.39 is 6.10 Å². The minimum atomic E-state index is -0.512. The number of carbonyl (C=O) groups is 1. The maximum atomic E-state index is 12.5. The lowest BCUT2D eigenvalue weighted by Crippen LogP contribution is -2.52. The van der Waals surface area contributed by atoms with Crippen LogP contribution in [0.5, 0.6) is 0 Å². The van der Waals surface area contributed by atoms with Crippen molar-refractivity contribution in [2.45, 2.75) is 26.4 Å². The summed E-state index contributed by atoms with van der Waals surface area (Å²) in [6.45, 7) is 6.34. The van der Waals surface area contributed by atoms with E-state index in [4.69, 9.17) is 10.6 Å². The van der Waals surface area contributed by atoms with Crippen molar-refractivity contribution in [3.05, 3.63) is 16.4 Å². The molecule has 9 heteroatoms. The number of aromatic amines is 1. The zero-order valence-electron chi connectivity index (χ0n) is 13.9. The number of aromatic nitrogens is 2. The van der Waals surface area contributed by atoms with Crippen LogP contribution in [0.3, 0.4) is 0 Å². The first-order chi connectivity index (χ1) is 11.4. The van der Waals surface area contributed by atoms with Crippen LogP contribution in [0.1, 0.15) is 20.3 Å². The maximum Gasteiger partial charge on any atom is 0.267 e. The lowest BCUT2D eigenvalue weighted by atomic mass is 10.0. The third kappa shape index (κ3) is 3.34. The Morgan fingerprint density at radius 2 is 2.08 bits per heavy atom. The van der Waals surface area contributed by atoms with Gasteiger partial charge in [0.05, 0.1) is 5.71 Å². The molecule has 24 heavy (non-hydrogen) atoms. The second-order valence-electron chi connectivity index (χ2n) is 6.34. The lowest BCUT2D eigenvalue weighted by Gasteiger charge is -2.36. The predicted molar refractivity (Wildman–Crippen MR) is 89.8 cm³/mol. The fraction of sp³-hybridized carbons (Fsp3) is 0.600. The van der Waals surface area contributed by atoms with E-state index >= 15 is 0 Å². The van der Waals surface area contributed by atoms with Crippen LogP contribution in [0.4, 0.5) is 11.8 Å². The molecular weight excluding hydrogens is 312 g/mol. The summed E-state index contributed by atoms with van der Waals surface area (Å²) in [5.74, 6) is 0.874. The standard InChI is InChI=1S/C15H22N6O3/c1-9(2)10-7-11(24-19-10)14(23)21-5-3-20(4-6-21)12-8-13(22)18-15(16)17-12/h8-9,11H,3-7H2,1-2H3,(H3,16,17,18,22)/t11-/m0/s1. The van der Waals surface area contributed by atoms with Gasteiger partial charge in [0.25, 0.3) is 11.5 Å². The van der Waals surface area contributed by atoms with Crippen molar-refractivity contribution in [2.24, 2.45) is 11.1 Å². The number of rotatable bonds is 3. The molecule has 9 nitrogen and oxygen atoms in total. The van der Waals surface area contributed by atoms with Crippen molar-refractivity contribution in [1.82, 2.24) is 14.9 Å². The number of hydrogen-bond donors (Lipinski definition) is 2. The lowest BCUT2D eigenvalue weighted by molar-refractivity contribution is -0.142. The number of hydrogen-bond acceptors (Lipinski definition) is 7.